The summed E-state index contributed by atoms with van der Waals surface area (Å²) in [5, 5.41) is 19.0. The Balaban J connectivity index is 1.10. The van der Waals surface area contributed by atoms with Crippen molar-refractivity contribution in [3.05, 3.63) is 67.3 Å². The Morgan fingerprint density at radius 2 is 1.30 bits per heavy atom. The van der Waals surface area contributed by atoms with Gasteiger partial charge in [0.25, 0.3) is 0 Å². The molecule has 0 N–H and O–H groups in total. The van der Waals surface area contributed by atoms with E-state index in [9.17, 15) is 9.59 Å². The number of unbranched alkanes of at least 4 members (excludes halogenated alkanes) is 11. The molecule has 0 unspecified atom stereocenters. The predicted molar refractivity (Wildman–Crippen MR) is 220 cm³/mol. The van der Waals surface area contributed by atoms with E-state index < -0.39 is 0 Å². The Morgan fingerprint density at radius 3 is 1.91 bits per heavy atom. The molecule has 0 amide bonds. The monoisotopic (exact) mass is 774 g/mol. The molecule has 54 heavy (non-hydrogen) atoms. The van der Waals surface area contributed by atoms with Crippen LogP contribution in [0.25, 0.3) is 9.53 Å². The van der Waals surface area contributed by atoms with Crippen molar-refractivity contribution in [1.82, 2.24) is 4.98 Å². The first-order chi connectivity index (χ1) is 26.4. The van der Waals surface area contributed by atoms with E-state index in [0.29, 0.717) is 25.0 Å². The number of hydrogen-bond acceptors (Lipinski definition) is 13. The number of azo groups is 2. The van der Waals surface area contributed by atoms with Gasteiger partial charge >= 0.3 is 11.9 Å². The predicted octanol–water partition coefficient (Wildman–Crippen LogP) is 12.8. The van der Waals surface area contributed by atoms with Crippen LogP contribution in [0.5, 0.6) is 5.75 Å². The standard InChI is InChI=1S/C41H54N6O5S2/c1-4-39(49)52-30-18-13-10-8-6-7-9-12-17-29-51-36-25-21-34(22-26-36)43-45-38-31-37-40(54-38)42-41(53-37)46-44-33-19-23-35(24-20-33)47(5-2)27-15-11-14-16-28-50-32(3)48/h4,19-26,31H,1,5-18,27-30H2,2-3H3. The van der Waals surface area contributed by atoms with E-state index in [1.165, 1.54) is 67.8 Å². The summed E-state index contributed by atoms with van der Waals surface area (Å²) < 4.78 is 16.9. The highest BCUT2D eigenvalue weighted by Crippen LogP contribution is 2.39. The Labute approximate surface area is 327 Å². The number of carbonyl (C=O) groups is 2. The second kappa shape index (κ2) is 24.8. The van der Waals surface area contributed by atoms with Gasteiger partial charge in [0.1, 0.15) is 15.6 Å². The molecular weight excluding hydrogens is 721 g/mol. The molecule has 2 aromatic carbocycles. The Hall–Kier alpha value is -4.49. The lowest BCUT2D eigenvalue weighted by atomic mass is 10.1. The zero-order valence-electron chi connectivity index (χ0n) is 31.7. The number of thiazole rings is 1. The Morgan fingerprint density at radius 1 is 0.722 bits per heavy atom. The largest absolute Gasteiger partial charge is 0.494 e. The van der Waals surface area contributed by atoms with Gasteiger partial charge in [0.15, 0.2) is 0 Å². The molecule has 0 aliphatic rings. The maximum Gasteiger partial charge on any atom is 0.330 e. The average molecular weight is 775 g/mol. The van der Waals surface area contributed by atoms with Crippen molar-refractivity contribution in [2.75, 3.05) is 37.8 Å². The van der Waals surface area contributed by atoms with Crippen molar-refractivity contribution in [3.8, 4) is 5.75 Å². The molecule has 0 fully saturated rings. The van der Waals surface area contributed by atoms with E-state index in [2.05, 4.69) is 56.0 Å². The van der Waals surface area contributed by atoms with Crippen LogP contribution >= 0.6 is 22.7 Å². The van der Waals surface area contributed by atoms with Gasteiger partial charge in [-0.15, -0.1) is 20.5 Å². The van der Waals surface area contributed by atoms with Crippen LogP contribution in [0.2, 0.25) is 0 Å². The Bertz CT molecular complexity index is 1720. The number of ether oxygens (including phenoxy) is 3. The van der Waals surface area contributed by atoms with Crippen molar-refractivity contribution in [2.24, 2.45) is 20.5 Å². The smallest absolute Gasteiger partial charge is 0.330 e. The molecule has 13 heteroatoms. The normalized spacial score (nSPS) is 11.4. The molecule has 0 atom stereocenters. The molecule has 0 radical (unpaired) electrons. The van der Waals surface area contributed by atoms with Crippen LogP contribution in [0.15, 0.2) is 87.7 Å². The summed E-state index contributed by atoms with van der Waals surface area (Å²) in [6.45, 7) is 10.6. The summed E-state index contributed by atoms with van der Waals surface area (Å²) in [5.41, 5.74) is 2.71. The third kappa shape index (κ3) is 16.3. The molecule has 0 saturated carbocycles. The Kier molecular flexibility index (Phi) is 19.4. The quantitative estimate of drug-likeness (QED) is 0.0255. The molecule has 290 valence electrons. The molecule has 4 rings (SSSR count). The van der Waals surface area contributed by atoms with E-state index >= 15 is 0 Å². The number of anilines is 1. The fraction of sp³-hybridized carbons (Fsp3) is 0.488. The molecular formula is C41H54N6O5S2. The molecule has 0 aliphatic heterocycles. The van der Waals surface area contributed by atoms with Gasteiger partial charge < -0.3 is 19.1 Å². The SMILES string of the molecule is C=CC(=O)OCCCCCCCCCCCOc1ccc(N=Nc2cc3sc(N=Nc4ccc(N(CC)CCCCCCOC(C)=O)cc4)nc3s2)cc1. The molecule has 0 spiro atoms. The first-order valence-electron chi connectivity index (χ1n) is 19.2. The van der Waals surface area contributed by atoms with E-state index in [1.54, 1.807) is 0 Å². The maximum atomic E-state index is 11.0. The highest BCUT2D eigenvalue weighted by molar-refractivity contribution is 7.30. The van der Waals surface area contributed by atoms with Crippen molar-refractivity contribution < 1.29 is 23.8 Å². The highest BCUT2D eigenvalue weighted by Gasteiger charge is 2.09. The van der Waals surface area contributed by atoms with Crippen molar-refractivity contribution in [1.29, 1.82) is 0 Å². The van der Waals surface area contributed by atoms with Gasteiger partial charge in [-0.05, 0) is 93.6 Å². The number of rotatable bonds is 27. The van der Waals surface area contributed by atoms with Crippen LogP contribution in [0.4, 0.5) is 27.2 Å². The molecule has 2 heterocycles. The van der Waals surface area contributed by atoms with Gasteiger partial charge in [0.05, 0.1) is 35.9 Å². The van der Waals surface area contributed by atoms with E-state index in [-0.39, 0.29) is 11.9 Å². The van der Waals surface area contributed by atoms with Crippen LogP contribution < -0.4 is 9.64 Å². The second-order valence-electron chi connectivity index (χ2n) is 12.9. The van der Waals surface area contributed by atoms with E-state index in [0.717, 1.165) is 102 Å². The molecule has 0 bridgehead atoms. The molecule has 0 aliphatic carbocycles. The zero-order chi connectivity index (χ0) is 38.2. The molecule has 11 nitrogen and oxygen atoms in total. The number of esters is 2. The van der Waals surface area contributed by atoms with Crippen molar-refractivity contribution >= 4 is 71.3 Å². The maximum absolute atomic E-state index is 11.0. The number of hydrogen-bond donors (Lipinski definition) is 0. The van der Waals surface area contributed by atoms with Gasteiger partial charge in [-0.1, -0.05) is 80.6 Å². The zero-order valence-corrected chi connectivity index (χ0v) is 33.4. The minimum absolute atomic E-state index is 0.211. The molecule has 2 aromatic heterocycles. The van der Waals surface area contributed by atoms with Gasteiger partial charge in [0, 0.05) is 31.8 Å². The first-order valence-corrected chi connectivity index (χ1v) is 20.8. The molecule has 0 saturated heterocycles. The fourth-order valence-electron chi connectivity index (χ4n) is 5.66. The van der Waals surface area contributed by atoms with Crippen LogP contribution in [0.3, 0.4) is 0 Å². The number of thiophene rings is 1. The van der Waals surface area contributed by atoms with Crippen LogP contribution in [-0.4, -0.2) is 49.8 Å². The second-order valence-corrected chi connectivity index (χ2v) is 14.9. The lowest BCUT2D eigenvalue weighted by Gasteiger charge is -2.23. The summed E-state index contributed by atoms with van der Waals surface area (Å²) in [7, 11) is 0. The molecule has 4 aromatic rings. The van der Waals surface area contributed by atoms with Gasteiger partial charge in [-0.3, -0.25) is 4.79 Å². The number of carbonyl (C=O) groups excluding carboxylic acids is 2. The van der Waals surface area contributed by atoms with Crippen LogP contribution in [0.1, 0.15) is 97.3 Å². The topological polar surface area (TPSA) is 127 Å². The third-order valence-electron chi connectivity index (χ3n) is 8.61. The highest BCUT2D eigenvalue weighted by atomic mass is 32.1. The minimum atomic E-state index is -0.338. The van der Waals surface area contributed by atoms with Crippen molar-refractivity contribution in [2.45, 2.75) is 97.3 Å². The van der Waals surface area contributed by atoms with Crippen molar-refractivity contribution in [3.63, 3.8) is 0 Å². The summed E-state index contributed by atoms with van der Waals surface area (Å²) in [6, 6.07) is 17.8. The number of benzene rings is 2. The van der Waals surface area contributed by atoms with Gasteiger partial charge in [0.2, 0.25) is 5.13 Å². The average Bonchev–Trinajstić information content (AvgIpc) is 3.75. The van der Waals surface area contributed by atoms with E-state index in [4.69, 9.17) is 14.2 Å². The lowest BCUT2D eigenvalue weighted by molar-refractivity contribution is -0.141. The summed E-state index contributed by atoms with van der Waals surface area (Å²) in [4.78, 5) is 29.7. The number of aromatic nitrogens is 1. The summed E-state index contributed by atoms with van der Waals surface area (Å²) >= 11 is 2.96. The van der Waals surface area contributed by atoms with Crippen LogP contribution in [0, 0.1) is 0 Å². The van der Waals surface area contributed by atoms with E-state index in [1.807, 2.05) is 42.5 Å². The minimum Gasteiger partial charge on any atom is -0.494 e. The number of nitrogens with zero attached hydrogens (tertiary/aromatic N) is 6. The summed E-state index contributed by atoms with van der Waals surface area (Å²) in [5.74, 6) is 0.291. The third-order valence-corrected chi connectivity index (χ3v) is 10.5. The first kappa shape index (κ1) is 42.3. The van der Waals surface area contributed by atoms with Gasteiger partial charge in [-0.25, -0.2) is 9.78 Å². The summed E-state index contributed by atoms with van der Waals surface area (Å²) in [6.07, 6.45) is 15.7. The fourth-order valence-corrected chi connectivity index (χ4v) is 7.51. The van der Waals surface area contributed by atoms with Gasteiger partial charge in [-0.2, -0.15) is 0 Å². The number of fused-ring (bicyclic) bond motifs is 1. The van der Waals surface area contributed by atoms with Crippen LogP contribution in [-0.2, 0) is 19.1 Å². The lowest BCUT2D eigenvalue weighted by Crippen LogP contribution is -2.23.